The van der Waals surface area contributed by atoms with Crippen LogP contribution in [0.25, 0.3) is 10.2 Å². The monoisotopic (exact) mass is 546 g/mol. The highest BCUT2D eigenvalue weighted by molar-refractivity contribution is 8.01. The zero-order chi connectivity index (χ0) is 25.7. The van der Waals surface area contributed by atoms with E-state index in [1.807, 2.05) is 6.07 Å². The molecule has 0 atom stereocenters. The molecule has 4 aromatic rings. The van der Waals surface area contributed by atoms with E-state index in [-0.39, 0.29) is 28.8 Å². The Morgan fingerprint density at radius 1 is 1.14 bits per heavy atom. The third kappa shape index (κ3) is 6.27. The molecule has 2 amide bonds. The van der Waals surface area contributed by atoms with Gasteiger partial charge in [-0.3, -0.25) is 19.7 Å². The van der Waals surface area contributed by atoms with Gasteiger partial charge in [-0.1, -0.05) is 23.5 Å². The number of nitro groups is 1. The molecule has 0 fully saturated rings. The first-order valence-electron chi connectivity index (χ1n) is 10.1. The molecule has 4 rings (SSSR count). The number of rotatable bonds is 10. The molecular formula is C20H18N8O5S3. The lowest BCUT2D eigenvalue weighted by Crippen LogP contribution is -2.15. The van der Waals surface area contributed by atoms with Gasteiger partial charge in [0.05, 0.1) is 39.8 Å². The van der Waals surface area contributed by atoms with Crippen LogP contribution in [0.4, 0.5) is 17.1 Å². The molecule has 2 aromatic heterocycles. The van der Waals surface area contributed by atoms with Crippen LogP contribution < -0.4 is 15.4 Å². The first-order chi connectivity index (χ1) is 17.3. The van der Waals surface area contributed by atoms with Crippen LogP contribution in [-0.4, -0.2) is 60.5 Å². The van der Waals surface area contributed by atoms with E-state index in [0.29, 0.717) is 20.9 Å². The van der Waals surface area contributed by atoms with Crippen LogP contribution >= 0.6 is 34.9 Å². The molecule has 2 heterocycles. The maximum atomic E-state index is 12.4. The number of benzene rings is 2. The standard InChI is InChI=1S/C20H18N8O5S3/c1-27-19(24-25-26-27)34-9-17(29)21-11-3-5-14-16(7-11)36-20(23-14)35-10-18(30)22-13-6-4-12(33-2)8-15(13)28(31)32/h3-8H,9-10H2,1-2H3,(H,21,29)(H,22,30). The molecule has 16 heteroatoms. The van der Waals surface area contributed by atoms with Gasteiger partial charge in [-0.15, -0.1) is 16.4 Å². The molecule has 2 N–H and O–H groups in total. The topological polar surface area (TPSA) is 167 Å². The van der Waals surface area contributed by atoms with E-state index in [1.54, 1.807) is 19.2 Å². The number of methoxy groups -OCH3 is 1. The van der Waals surface area contributed by atoms with Crippen molar-refractivity contribution in [1.29, 1.82) is 0 Å². The van der Waals surface area contributed by atoms with Crippen molar-refractivity contribution in [2.24, 2.45) is 7.05 Å². The molecule has 0 saturated heterocycles. The number of fused-ring (bicyclic) bond motifs is 1. The van der Waals surface area contributed by atoms with Crippen molar-refractivity contribution < 1.29 is 19.2 Å². The van der Waals surface area contributed by atoms with Gasteiger partial charge in [0.1, 0.15) is 11.4 Å². The van der Waals surface area contributed by atoms with E-state index < -0.39 is 10.8 Å². The van der Waals surface area contributed by atoms with Crippen LogP contribution in [0.5, 0.6) is 5.75 Å². The molecule has 0 unspecified atom stereocenters. The molecule has 186 valence electrons. The number of thiazole rings is 1. The normalized spacial score (nSPS) is 10.8. The summed E-state index contributed by atoms with van der Waals surface area (Å²) in [5, 5.41) is 28.3. The Bertz CT molecular complexity index is 1440. The molecule has 2 aromatic carbocycles. The summed E-state index contributed by atoms with van der Waals surface area (Å²) < 4.78 is 7.98. The van der Waals surface area contributed by atoms with Crippen molar-refractivity contribution in [3.8, 4) is 5.75 Å². The molecule has 0 aliphatic rings. The summed E-state index contributed by atoms with van der Waals surface area (Å²) in [6.07, 6.45) is 0. The summed E-state index contributed by atoms with van der Waals surface area (Å²) in [5.41, 5.74) is 1.18. The van der Waals surface area contributed by atoms with Gasteiger partial charge < -0.3 is 15.4 Å². The van der Waals surface area contributed by atoms with Crippen LogP contribution in [0.1, 0.15) is 0 Å². The number of amides is 2. The minimum absolute atomic E-state index is 0.0146. The largest absolute Gasteiger partial charge is 0.496 e. The highest BCUT2D eigenvalue weighted by atomic mass is 32.2. The molecular weight excluding hydrogens is 528 g/mol. The number of nitrogens with zero attached hydrogens (tertiary/aromatic N) is 6. The fourth-order valence-corrected chi connectivity index (χ4v) is 5.48. The highest BCUT2D eigenvalue weighted by Crippen LogP contribution is 2.32. The third-order valence-corrected chi connectivity index (χ3v) is 7.74. The Morgan fingerprint density at radius 3 is 2.64 bits per heavy atom. The fourth-order valence-electron chi connectivity index (χ4n) is 2.92. The van der Waals surface area contributed by atoms with Gasteiger partial charge in [0.2, 0.25) is 17.0 Å². The molecule has 0 aliphatic heterocycles. The summed E-state index contributed by atoms with van der Waals surface area (Å²) in [7, 11) is 3.10. The lowest BCUT2D eigenvalue weighted by molar-refractivity contribution is -0.384. The highest BCUT2D eigenvalue weighted by Gasteiger charge is 2.18. The smallest absolute Gasteiger partial charge is 0.296 e. The van der Waals surface area contributed by atoms with Gasteiger partial charge in [-0.25, -0.2) is 9.67 Å². The number of nitro benzene ring substituents is 1. The molecule has 36 heavy (non-hydrogen) atoms. The predicted octanol–water partition coefficient (Wildman–Crippen LogP) is 3.20. The average molecular weight is 547 g/mol. The summed E-state index contributed by atoms with van der Waals surface area (Å²) in [4.78, 5) is 39.9. The predicted molar refractivity (Wildman–Crippen MR) is 137 cm³/mol. The van der Waals surface area contributed by atoms with Gasteiger partial charge in [-0.2, -0.15) is 0 Å². The quantitative estimate of drug-likeness (QED) is 0.170. The SMILES string of the molecule is COc1ccc(NC(=O)CSc2nc3ccc(NC(=O)CSc4nnnn4C)cc3s2)c([N+](=O)[O-])c1. The van der Waals surface area contributed by atoms with E-state index in [1.165, 1.54) is 64.9 Å². The number of carbonyl (C=O) groups excluding carboxylic acids is 2. The van der Waals surface area contributed by atoms with E-state index in [4.69, 9.17) is 4.74 Å². The first-order valence-corrected chi connectivity index (χ1v) is 12.9. The lowest BCUT2D eigenvalue weighted by atomic mass is 10.2. The molecule has 0 spiro atoms. The second kappa shape index (κ2) is 11.3. The van der Waals surface area contributed by atoms with E-state index in [0.717, 1.165) is 10.2 Å². The minimum atomic E-state index is -0.582. The zero-order valence-corrected chi connectivity index (χ0v) is 21.3. The summed E-state index contributed by atoms with van der Waals surface area (Å²) in [6.45, 7) is 0. The average Bonchev–Trinajstić information content (AvgIpc) is 3.46. The Balaban J connectivity index is 1.33. The number of ether oxygens (including phenoxy) is 1. The third-order valence-electron chi connectivity index (χ3n) is 4.57. The maximum absolute atomic E-state index is 12.4. The minimum Gasteiger partial charge on any atom is -0.496 e. The lowest BCUT2D eigenvalue weighted by Gasteiger charge is -2.07. The van der Waals surface area contributed by atoms with Crippen LogP contribution in [0.15, 0.2) is 45.9 Å². The van der Waals surface area contributed by atoms with Gasteiger partial charge >= 0.3 is 0 Å². The Kier molecular flexibility index (Phi) is 7.97. The number of hydrogen-bond acceptors (Lipinski definition) is 12. The van der Waals surface area contributed by atoms with Crippen LogP contribution in [0.3, 0.4) is 0 Å². The van der Waals surface area contributed by atoms with Crippen molar-refractivity contribution in [2.75, 3.05) is 29.2 Å². The van der Waals surface area contributed by atoms with Gasteiger partial charge in [0.15, 0.2) is 4.34 Å². The second-order valence-corrected chi connectivity index (χ2v) is 10.3. The van der Waals surface area contributed by atoms with Crippen molar-refractivity contribution in [3.63, 3.8) is 0 Å². The number of thioether (sulfide) groups is 2. The van der Waals surface area contributed by atoms with Crippen molar-refractivity contribution in [1.82, 2.24) is 25.2 Å². The zero-order valence-electron chi connectivity index (χ0n) is 18.8. The van der Waals surface area contributed by atoms with Gasteiger partial charge in [0.25, 0.3) is 5.69 Å². The van der Waals surface area contributed by atoms with E-state index in [9.17, 15) is 19.7 Å². The Morgan fingerprint density at radius 2 is 1.92 bits per heavy atom. The van der Waals surface area contributed by atoms with Gasteiger partial charge in [0, 0.05) is 12.7 Å². The van der Waals surface area contributed by atoms with E-state index in [2.05, 4.69) is 31.1 Å². The number of carbonyl (C=O) groups is 2. The Labute approximate surface area is 216 Å². The summed E-state index contributed by atoms with van der Waals surface area (Å²) in [5.74, 6) is -0.124. The Hall–Kier alpha value is -3.76. The number of anilines is 2. The second-order valence-electron chi connectivity index (χ2n) is 7.06. The fraction of sp³-hybridized carbons (Fsp3) is 0.200. The number of nitrogens with one attached hydrogen (secondary N) is 2. The molecule has 0 radical (unpaired) electrons. The molecule has 0 bridgehead atoms. The molecule has 0 saturated carbocycles. The van der Waals surface area contributed by atoms with Crippen LogP contribution in [0.2, 0.25) is 0 Å². The number of aromatic nitrogens is 5. The van der Waals surface area contributed by atoms with Gasteiger partial charge in [-0.05, 0) is 40.8 Å². The van der Waals surface area contributed by atoms with Crippen LogP contribution in [-0.2, 0) is 16.6 Å². The molecule has 13 nitrogen and oxygen atoms in total. The summed E-state index contributed by atoms with van der Waals surface area (Å²) in [6, 6.07) is 9.55. The number of hydrogen-bond donors (Lipinski definition) is 2. The first kappa shape index (κ1) is 25.3. The van der Waals surface area contributed by atoms with Crippen molar-refractivity contribution in [2.45, 2.75) is 9.50 Å². The maximum Gasteiger partial charge on any atom is 0.296 e. The number of aryl methyl sites for hydroxylation is 1. The van der Waals surface area contributed by atoms with Crippen LogP contribution in [0, 0.1) is 10.1 Å². The van der Waals surface area contributed by atoms with Crippen molar-refractivity contribution in [3.05, 3.63) is 46.5 Å². The molecule has 0 aliphatic carbocycles. The van der Waals surface area contributed by atoms with Crippen molar-refractivity contribution >= 4 is 74.0 Å². The van der Waals surface area contributed by atoms with E-state index >= 15 is 0 Å². The summed E-state index contributed by atoms with van der Waals surface area (Å²) >= 11 is 3.81. The number of tetrazole rings is 1.